The van der Waals surface area contributed by atoms with E-state index >= 15 is 0 Å². The molecule has 3 heteroatoms. The van der Waals surface area contributed by atoms with Crippen LogP contribution in [0, 0.1) is 19.8 Å². The molecular formula is C17H24N2O. The van der Waals surface area contributed by atoms with Crippen LogP contribution in [0.1, 0.15) is 49.0 Å². The monoisotopic (exact) mass is 272 g/mol. The lowest BCUT2D eigenvalue weighted by atomic mass is 10.0. The summed E-state index contributed by atoms with van der Waals surface area (Å²) in [5.74, 6) is 1.01. The molecule has 1 aliphatic carbocycles. The highest BCUT2D eigenvalue weighted by Crippen LogP contribution is 2.35. The van der Waals surface area contributed by atoms with Gasteiger partial charge < -0.3 is 4.90 Å². The van der Waals surface area contributed by atoms with Gasteiger partial charge in [-0.15, -0.1) is 0 Å². The van der Waals surface area contributed by atoms with Crippen LogP contribution in [0.5, 0.6) is 0 Å². The number of aryl methyl sites for hydroxylation is 2. The van der Waals surface area contributed by atoms with Gasteiger partial charge in [-0.25, -0.2) is 0 Å². The SMILES string of the molecule is CCC1NC(c2ccc(C)cc2C)N(CC2CC2)C1=O. The molecule has 1 aromatic carbocycles. The average Bonchev–Trinajstić information content (AvgIpc) is 3.17. The lowest BCUT2D eigenvalue weighted by molar-refractivity contribution is -0.130. The molecule has 108 valence electrons. The van der Waals surface area contributed by atoms with E-state index in [0.29, 0.717) is 0 Å². The van der Waals surface area contributed by atoms with Crippen LogP contribution in [-0.4, -0.2) is 23.4 Å². The number of amides is 1. The molecule has 0 radical (unpaired) electrons. The lowest BCUT2D eigenvalue weighted by Gasteiger charge is -2.26. The van der Waals surface area contributed by atoms with E-state index < -0.39 is 0 Å². The summed E-state index contributed by atoms with van der Waals surface area (Å²) in [6.45, 7) is 7.25. The highest BCUT2D eigenvalue weighted by molar-refractivity contribution is 5.84. The second kappa shape index (κ2) is 5.21. The first-order chi connectivity index (χ1) is 9.60. The molecule has 3 nitrogen and oxygen atoms in total. The molecule has 2 atom stereocenters. The molecule has 1 heterocycles. The summed E-state index contributed by atoms with van der Waals surface area (Å²) < 4.78 is 0. The fourth-order valence-corrected chi connectivity index (χ4v) is 3.14. The number of hydrogen-bond donors (Lipinski definition) is 1. The first-order valence-electron chi connectivity index (χ1n) is 7.73. The van der Waals surface area contributed by atoms with E-state index in [2.05, 4.69) is 49.2 Å². The number of rotatable bonds is 4. The number of carbonyl (C=O) groups is 1. The lowest BCUT2D eigenvalue weighted by Crippen LogP contribution is -2.33. The maximum absolute atomic E-state index is 12.5. The molecule has 1 aliphatic heterocycles. The normalized spacial score (nSPS) is 26.4. The Morgan fingerprint density at radius 2 is 2.05 bits per heavy atom. The van der Waals surface area contributed by atoms with Crippen molar-refractivity contribution in [3.05, 3.63) is 34.9 Å². The van der Waals surface area contributed by atoms with Crippen molar-refractivity contribution in [1.29, 1.82) is 0 Å². The zero-order valence-electron chi connectivity index (χ0n) is 12.6. The fourth-order valence-electron chi connectivity index (χ4n) is 3.14. The summed E-state index contributed by atoms with van der Waals surface area (Å²) >= 11 is 0. The first-order valence-corrected chi connectivity index (χ1v) is 7.73. The van der Waals surface area contributed by atoms with Crippen LogP contribution in [0.3, 0.4) is 0 Å². The van der Waals surface area contributed by atoms with Crippen molar-refractivity contribution in [3.63, 3.8) is 0 Å². The van der Waals surface area contributed by atoms with Crippen molar-refractivity contribution >= 4 is 5.91 Å². The van der Waals surface area contributed by atoms with Crippen molar-refractivity contribution in [3.8, 4) is 0 Å². The highest BCUT2D eigenvalue weighted by Gasteiger charge is 2.41. The topological polar surface area (TPSA) is 32.3 Å². The van der Waals surface area contributed by atoms with Crippen molar-refractivity contribution in [2.75, 3.05) is 6.54 Å². The van der Waals surface area contributed by atoms with E-state index in [1.165, 1.54) is 29.5 Å². The van der Waals surface area contributed by atoms with Crippen LogP contribution < -0.4 is 5.32 Å². The Bertz CT molecular complexity index is 522. The number of hydrogen-bond acceptors (Lipinski definition) is 2. The molecule has 1 amide bonds. The minimum absolute atomic E-state index is 0.0144. The smallest absolute Gasteiger partial charge is 0.241 e. The van der Waals surface area contributed by atoms with Crippen LogP contribution in [0.2, 0.25) is 0 Å². The van der Waals surface area contributed by atoms with Gasteiger partial charge in [-0.05, 0) is 50.2 Å². The quantitative estimate of drug-likeness (QED) is 0.914. The van der Waals surface area contributed by atoms with E-state index in [1.807, 2.05) is 0 Å². The third-order valence-electron chi connectivity index (χ3n) is 4.53. The number of nitrogens with zero attached hydrogens (tertiary/aromatic N) is 1. The van der Waals surface area contributed by atoms with Crippen molar-refractivity contribution in [1.82, 2.24) is 10.2 Å². The molecule has 3 rings (SSSR count). The molecule has 2 unspecified atom stereocenters. The summed E-state index contributed by atoms with van der Waals surface area (Å²) in [6.07, 6.45) is 3.48. The Morgan fingerprint density at radius 1 is 1.30 bits per heavy atom. The molecule has 2 fully saturated rings. The van der Waals surface area contributed by atoms with Crippen molar-refractivity contribution in [2.45, 2.75) is 52.2 Å². The second-order valence-corrected chi connectivity index (χ2v) is 6.32. The van der Waals surface area contributed by atoms with Crippen LogP contribution in [0.15, 0.2) is 18.2 Å². The largest absolute Gasteiger partial charge is 0.321 e. The zero-order chi connectivity index (χ0) is 14.3. The maximum Gasteiger partial charge on any atom is 0.241 e. The van der Waals surface area contributed by atoms with Crippen LogP contribution in [-0.2, 0) is 4.79 Å². The Morgan fingerprint density at radius 3 is 2.65 bits per heavy atom. The van der Waals surface area contributed by atoms with E-state index in [0.717, 1.165) is 18.9 Å². The van der Waals surface area contributed by atoms with Crippen molar-refractivity contribution in [2.24, 2.45) is 5.92 Å². The summed E-state index contributed by atoms with van der Waals surface area (Å²) in [5.41, 5.74) is 3.80. The standard InChI is InChI=1S/C17H24N2O/c1-4-15-17(20)19(10-13-6-7-13)16(18-15)14-8-5-11(2)9-12(14)3/h5,8-9,13,15-16,18H,4,6-7,10H2,1-3H3. The molecule has 1 N–H and O–H groups in total. The van der Waals surface area contributed by atoms with Crippen LogP contribution >= 0.6 is 0 Å². The average molecular weight is 272 g/mol. The van der Waals surface area contributed by atoms with Gasteiger partial charge in [0.05, 0.1) is 6.04 Å². The number of benzene rings is 1. The molecule has 1 aromatic rings. The third-order valence-corrected chi connectivity index (χ3v) is 4.53. The minimum atomic E-state index is -0.0144. The Hall–Kier alpha value is -1.35. The molecule has 0 bridgehead atoms. The van der Waals surface area contributed by atoms with Gasteiger partial charge in [-0.3, -0.25) is 10.1 Å². The van der Waals surface area contributed by atoms with Crippen LogP contribution in [0.25, 0.3) is 0 Å². The van der Waals surface area contributed by atoms with Crippen molar-refractivity contribution < 1.29 is 4.79 Å². The van der Waals surface area contributed by atoms with E-state index in [9.17, 15) is 4.79 Å². The second-order valence-electron chi connectivity index (χ2n) is 6.32. The van der Waals surface area contributed by atoms with Gasteiger partial charge in [0.1, 0.15) is 6.17 Å². The molecule has 0 aromatic heterocycles. The number of carbonyl (C=O) groups excluding carboxylic acids is 1. The summed E-state index contributed by atoms with van der Waals surface area (Å²) in [5, 5.41) is 3.53. The third kappa shape index (κ3) is 2.47. The van der Waals surface area contributed by atoms with Gasteiger partial charge in [-0.1, -0.05) is 30.7 Å². The fraction of sp³-hybridized carbons (Fsp3) is 0.588. The maximum atomic E-state index is 12.5. The molecular weight excluding hydrogens is 248 g/mol. The zero-order valence-corrected chi connectivity index (χ0v) is 12.6. The molecule has 20 heavy (non-hydrogen) atoms. The number of nitrogens with one attached hydrogen (secondary N) is 1. The molecule has 1 saturated carbocycles. The summed E-state index contributed by atoms with van der Waals surface area (Å²) in [7, 11) is 0. The molecule has 1 saturated heterocycles. The predicted octanol–water partition coefficient (Wildman–Crippen LogP) is 2.92. The molecule has 0 spiro atoms. The Kier molecular flexibility index (Phi) is 3.55. The minimum Gasteiger partial charge on any atom is -0.321 e. The summed E-state index contributed by atoms with van der Waals surface area (Å²) in [6, 6.07) is 6.51. The van der Waals surface area contributed by atoms with Gasteiger partial charge in [0.2, 0.25) is 5.91 Å². The Labute approximate surface area is 121 Å². The predicted molar refractivity (Wildman–Crippen MR) is 80.3 cm³/mol. The summed E-state index contributed by atoms with van der Waals surface area (Å²) in [4.78, 5) is 14.6. The van der Waals surface area contributed by atoms with Gasteiger partial charge in [0.25, 0.3) is 0 Å². The molecule has 2 aliphatic rings. The van der Waals surface area contributed by atoms with E-state index in [-0.39, 0.29) is 18.1 Å². The van der Waals surface area contributed by atoms with Gasteiger partial charge in [0, 0.05) is 6.54 Å². The van der Waals surface area contributed by atoms with Gasteiger partial charge in [-0.2, -0.15) is 0 Å². The van der Waals surface area contributed by atoms with Crippen LogP contribution in [0.4, 0.5) is 0 Å². The highest BCUT2D eigenvalue weighted by atomic mass is 16.2. The Balaban J connectivity index is 1.90. The first kappa shape index (κ1) is 13.6. The van der Waals surface area contributed by atoms with Gasteiger partial charge >= 0.3 is 0 Å². The van der Waals surface area contributed by atoms with Gasteiger partial charge in [0.15, 0.2) is 0 Å². The van der Waals surface area contributed by atoms with E-state index in [1.54, 1.807) is 0 Å². The van der Waals surface area contributed by atoms with E-state index in [4.69, 9.17) is 0 Å².